The molecule has 3 heteroatoms. The van der Waals surface area contributed by atoms with Crippen LogP contribution in [0.2, 0.25) is 0 Å². The van der Waals surface area contributed by atoms with Crippen LogP contribution in [0.15, 0.2) is 42.0 Å². The normalized spacial score (nSPS) is 27.2. The van der Waals surface area contributed by atoms with E-state index >= 15 is 0 Å². The van der Waals surface area contributed by atoms with Gasteiger partial charge in [-0.3, -0.25) is 14.5 Å². The smallest absolute Gasteiger partial charge is 0.238 e. The molecule has 1 aromatic carbocycles. The van der Waals surface area contributed by atoms with Gasteiger partial charge >= 0.3 is 0 Å². The second kappa shape index (κ2) is 4.09. The Labute approximate surface area is 106 Å². The van der Waals surface area contributed by atoms with Crippen LogP contribution in [-0.4, -0.2) is 11.8 Å². The van der Waals surface area contributed by atoms with Crippen molar-refractivity contribution in [2.75, 3.05) is 4.90 Å². The molecule has 3 rings (SSSR count). The van der Waals surface area contributed by atoms with E-state index in [1.165, 1.54) is 10.5 Å². The maximum atomic E-state index is 12.4. The van der Waals surface area contributed by atoms with Crippen LogP contribution in [0, 0.1) is 11.8 Å². The summed E-state index contributed by atoms with van der Waals surface area (Å²) in [4.78, 5) is 26.1. The summed E-state index contributed by atoms with van der Waals surface area (Å²) in [6.07, 6.45) is 3.50. The van der Waals surface area contributed by atoms with Crippen LogP contribution >= 0.6 is 0 Å². The van der Waals surface area contributed by atoms with Gasteiger partial charge in [0.25, 0.3) is 0 Å². The van der Waals surface area contributed by atoms with E-state index in [0.29, 0.717) is 12.1 Å². The Hall–Kier alpha value is -1.90. The van der Waals surface area contributed by atoms with Crippen molar-refractivity contribution < 1.29 is 9.59 Å². The molecule has 18 heavy (non-hydrogen) atoms. The van der Waals surface area contributed by atoms with Gasteiger partial charge in [-0.15, -0.1) is 0 Å². The molecule has 1 aliphatic heterocycles. The molecule has 1 aromatic rings. The van der Waals surface area contributed by atoms with E-state index in [4.69, 9.17) is 0 Å². The standard InChI is InChI=1S/C15H15NO2/c1-10-7-8-12-13(9-10)15(18)16(14(12)17)11-5-3-2-4-6-11/h2-7,12-13H,8-9H2,1H3/t12-,13-/m0/s1. The Morgan fingerprint density at radius 1 is 1.06 bits per heavy atom. The molecule has 0 N–H and O–H groups in total. The van der Waals surface area contributed by atoms with Gasteiger partial charge in [0.15, 0.2) is 0 Å². The lowest BCUT2D eigenvalue weighted by molar-refractivity contribution is -0.122. The average molecular weight is 241 g/mol. The molecule has 0 bridgehead atoms. The molecule has 1 heterocycles. The van der Waals surface area contributed by atoms with Crippen molar-refractivity contribution in [2.24, 2.45) is 11.8 Å². The summed E-state index contributed by atoms with van der Waals surface area (Å²) in [7, 11) is 0. The zero-order valence-corrected chi connectivity index (χ0v) is 10.3. The predicted octanol–water partition coefficient (Wildman–Crippen LogP) is 2.53. The number of rotatable bonds is 1. The second-order valence-corrected chi connectivity index (χ2v) is 5.05. The topological polar surface area (TPSA) is 37.4 Å². The second-order valence-electron chi connectivity index (χ2n) is 5.05. The minimum Gasteiger partial charge on any atom is -0.274 e. The van der Waals surface area contributed by atoms with Crippen LogP contribution in [0.4, 0.5) is 5.69 Å². The lowest BCUT2D eigenvalue weighted by atomic mass is 9.82. The number of hydrogen-bond acceptors (Lipinski definition) is 2. The van der Waals surface area contributed by atoms with E-state index in [2.05, 4.69) is 6.08 Å². The molecule has 0 aromatic heterocycles. The number of imide groups is 1. The molecule has 0 saturated carbocycles. The van der Waals surface area contributed by atoms with Crippen molar-refractivity contribution in [1.29, 1.82) is 0 Å². The Bertz CT molecular complexity index is 533. The number of carbonyl (C=O) groups excluding carboxylic acids is 2. The van der Waals surface area contributed by atoms with Crippen molar-refractivity contribution in [3.8, 4) is 0 Å². The van der Waals surface area contributed by atoms with Crippen LogP contribution in [0.5, 0.6) is 0 Å². The lowest BCUT2D eigenvalue weighted by Gasteiger charge is -2.18. The van der Waals surface area contributed by atoms with Crippen molar-refractivity contribution in [1.82, 2.24) is 0 Å². The van der Waals surface area contributed by atoms with Crippen molar-refractivity contribution in [3.05, 3.63) is 42.0 Å². The monoisotopic (exact) mass is 241 g/mol. The molecule has 0 spiro atoms. The number of nitrogens with zero attached hydrogens (tertiary/aromatic N) is 1. The number of para-hydroxylation sites is 1. The molecule has 2 amide bonds. The minimum atomic E-state index is -0.151. The van der Waals surface area contributed by atoms with Gasteiger partial charge in [0.1, 0.15) is 0 Å². The van der Waals surface area contributed by atoms with Crippen molar-refractivity contribution in [3.63, 3.8) is 0 Å². The fourth-order valence-corrected chi connectivity index (χ4v) is 2.87. The Morgan fingerprint density at radius 2 is 1.72 bits per heavy atom. The molecular weight excluding hydrogens is 226 g/mol. The molecule has 1 fully saturated rings. The average Bonchev–Trinajstić information content (AvgIpc) is 2.63. The van der Waals surface area contributed by atoms with E-state index in [-0.39, 0.29) is 23.7 Å². The highest BCUT2D eigenvalue weighted by Gasteiger charge is 2.48. The number of allylic oxidation sites excluding steroid dienone is 2. The summed E-state index contributed by atoms with van der Waals surface area (Å²) in [5.74, 6) is -0.382. The van der Waals surface area contributed by atoms with Gasteiger partial charge in [0.05, 0.1) is 17.5 Å². The zero-order chi connectivity index (χ0) is 12.7. The summed E-state index contributed by atoms with van der Waals surface area (Å²) in [6, 6.07) is 9.21. The molecule has 92 valence electrons. The summed E-state index contributed by atoms with van der Waals surface area (Å²) >= 11 is 0. The molecule has 1 aliphatic carbocycles. The van der Waals surface area contributed by atoms with Crippen LogP contribution in [0.3, 0.4) is 0 Å². The number of benzene rings is 1. The minimum absolute atomic E-state index is 0.0383. The van der Waals surface area contributed by atoms with Gasteiger partial charge in [0, 0.05) is 0 Å². The number of carbonyl (C=O) groups is 2. The summed E-state index contributed by atoms with van der Waals surface area (Å²) in [6.45, 7) is 2.03. The Kier molecular flexibility index (Phi) is 2.54. The summed E-state index contributed by atoms with van der Waals surface area (Å²) in [5.41, 5.74) is 1.91. The van der Waals surface area contributed by atoms with Crippen LogP contribution in [-0.2, 0) is 9.59 Å². The molecular formula is C15H15NO2. The summed E-state index contributed by atoms with van der Waals surface area (Å²) in [5, 5.41) is 0. The molecule has 0 unspecified atom stereocenters. The van der Waals surface area contributed by atoms with Gasteiger partial charge < -0.3 is 0 Å². The van der Waals surface area contributed by atoms with Gasteiger partial charge in [0.2, 0.25) is 11.8 Å². The fourth-order valence-electron chi connectivity index (χ4n) is 2.87. The third-order valence-electron chi connectivity index (χ3n) is 3.84. The van der Waals surface area contributed by atoms with Crippen LogP contribution < -0.4 is 4.90 Å². The van der Waals surface area contributed by atoms with E-state index in [9.17, 15) is 9.59 Å². The molecule has 3 nitrogen and oxygen atoms in total. The SMILES string of the molecule is CC1=CC[C@@H]2C(=O)N(c3ccccc3)C(=O)[C@H]2C1. The maximum absolute atomic E-state index is 12.4. The first-order valence-electron chi connectivity index (χ1n) is 6.27. The van der Waals surface area contributed by atoms with Crippen LogP contribution in [0.25, 0.3) is 0 Å². The highest BCUT2D eigenvalue weighted by atomic mass is 16.2. The Balaban J connectivity index is 1.96. The molecule has 2 aliphatic rings. The van der Waals surface area contributed by atoms with E-state index < -0.39 is 0 Å². The molecule has 1 saturated heterocycles. The molecule has 2 atom stereocenters. The van der Waals surface area contributed by atoms with Crippen molar-refractivity contribution >= 4 is 17.5 Å². The highest BCUT2D eigenvalue weighted by molar-refractivity contribution is 6.22. The third-order valence-corrected chi connectivity index (χ3v) is 3.84. The number of anilines is 1. The number of amides is 2. The first kappa shape index (κ1) is 11.2. The zero-order valence-electron chi connectivity index (χ0n) is 10.3. The highest BCUT2D eigenvalue weighted by Crippen LogP contribution is 2.39. The van der Waals surface area contributed by atoms with Gasteiger partial charge in [-0.2, -0.15) is 0 Å². The quantitative estimate of drug-likeness (QED) is 0.559. The third kappa shape index (κ3) is 1.58. The first-order valence-corrected chi connectivity index (χ1v) is 6.27. The van der Waals surface area contributed by atoms with Crippen LogP contribution in [0.1, 0.15) is 19.8 Å². The lowest BCUT2D eigenvalue weighted by Crippen LogP contribution is -2.30. The van der Waals surface area contributed by atoms with Crippen molar-refractivity contribution in [2.45, 2.75) is 19.8 Å². The number of fused-ring (bicyclic) bond motifs is 1. The Morgan fingerprint density at radius 3 is 2.44 bits per heavy atom. The van der Waals surface area contributed by atoms with E-state index in [1.807, 2.05) is 37.3 Å². The largest absolute Gasteiger partial charge is 0.274 e. The molecule has 0 radical (unpaired) electrons. The van der Waals surface area contributed by atoms with Gasteiger partial charge in [-0.05, 0) is 31.9 Å². The van der Waals surface area contributed by atoms with E-state index in [1.54, 1.807) is 0 Å². The fraction of sp³-hybridized carbons (Fsp3) is 0.333. The van der Waals surface area contributed by atoms with Gasteiger partial charge in [-0.25, -0.2) is 0 Å². The number of hydrogen-bond donors (Lipinski definition) is 0. The maximum Gasteiger partial charge on any atom is 0.238 e. The van der Waals surface area contributed by atoms with Gasteiger partial charge in [-0.1, -0.05) is 29.8 Å². The first-order chi connectivity index (χ1) is 8.68. The summed E-state index contributed by atoms with van der Waals surface area (Å²) < 4.78 is 0. The van der Waals surface area contributed by atoms with E-state index in [0.717, 1.165) is 6.42 Å². The predicted molar refractivity (Wildman–Crippen MR) is 68.9 cm³/mol.